The standard InChI is InChI=1S/C13H16INO2/c14-10-6-8-11(9-7-10)15-13(16)17-12-4-2-1-3-5-12/h6-9,12H,1-5H2,(H,15,16). The molecule has 1 N–H and O–H groups in total. The predicted molar refractivity (Wildman–Crippen MR) is 76.1 cm³/mol. The van der Waals surface area contributed by atoms with E-state index in [1.54, 1.807) is 0 Å². The van der Waals surface area contributed by atoms with Gasteiger partial charge in [0.05, 0.1) is 0 Å². The number of hydrogen-bond donors (Lipinski definition) is 1. The number of ether oxygens (including phenoxy) is 1. The average molecular weight is 345 g/mol. The second kappa shape index (κ2) is 6.23. The summed E-state index contributed by atoms with van der Waals surface area (Å²) in [7, 11) is 0. The molecule has 0 spiro atoms. The largest absolute Gasteiger partial charge is 0.446 e. The predicted octanol–water partition coefficient (Wildman–Crippen LogP) is 4.17. The van der Waals surface area contributed by atoms with Crippen LogP contribution in [0.15, 0.2) is 24.3 Å². The van der Waals surface area contributed by atoms with Crippen LogP contribution in [-0.4, -0.2) is 12.2 Å². The summed E-state index contributed by atoms with van der Waals surface area (Å²) in [5, 5.41) is 2.75. The molecule has 0 saturated heterocycles. The van der Waals surface area contributed by atoms with Crippen molar-refractivity contribution in [3.05, 3.63) is 27.8 Å². The monoisotopic (exact) mass is 345 g/mol. The SMILES string of the molecule is O=C(Nc1ccc(I)cc1)OC1CCCCC1. The molecule has 0 bridgehead atoms. The maximum Gasteiger partial charge on any atom is 0.411 e. The van der Waals surface area contributed by atoms with Crippen molar-refractivity contribution >= 4 is 34.4 Å². The molecule has 1 amide bonds. The third-order valence-corrected chi connectivity index (χ3v) is 3.64. The van der Waals surface area contributed by atoms with E-state index in [2.05, 4.69) is 27.9 Å². The quantitative estimate of drug-likeness (QED) is 0.817. The molecule has 0 atom stereocenters. The van der Waals surface area contributed by atoms with Gasteiger partial charge < -0.3 is 4.74 Å². The normalized spacial score (nSPS) is 16.5. The van der Waals surface area contributed by atoms with Crippen LogP contribution in [0.25, 0.3) is 0 Å². The van der Waals surface area contributed by atoms with Gasteiger partial charge in [-0.15, -0.1) is 0 Å². The Hall–Kier alpha value is -0.780. The molecular formula is C13H16INO2. The van der Waals surface area contributed by atoms with Crippen LogP contribution in [-0.2, 0) is 4.74 Å². The van der Waals surface area contributed by atoms with Gasteiger partial charge in [0.15, 0.2) is 0 Å². The first-order chi connectivity index (χ1) is 8.24. The van der Waals surface area contributed by atoms with Crippen LogP contribution >= 0.6 is 22.6 Å². The maximum absolute atomic E-state index is 11.6. The van der Waals surface area contributed by atoms with Crippen molar-refractivity contribution in [3.63, 3.8) is 0 Å². The van der Waals surface area contributed by atoms with Crippen LogP contribution in [0.1, 0.15) is 32.1 Å². The van der Waals surface area contributed by atoms with Crippen LogP contribution in [0.4, 0.5) is 10.5 Å². The second-order valence-electron chi connectivity index (χ2n) is 4.30. The molecule has 1 fully saturated rings. The van der Waals surface area contributed by atoms with Gasteiger partial charge in [-0.2, -0.15) is 0 Å². The molecule has 1 aliphatic rings. The Bertz CT molecular complexity index is 372. The Kier molecular flexibility index (Phi) is 4.65. The van der Waals surface area contributed by atoms with E-state index >= 15 is 0 Å². The summed E-state index contributed by atoms with van der Waals surface area (Å²) in [6.45, 7) is 0. The third-order valence-electron chi connectivity index (χ3n) is 2.92. The molecule has 2 rings (SSSR count). The minimum Gasteiger partial charge on any atom is -0.446 e. The second-order valence-corrected chi connectivity index (χ2v) is 5.54. The summed E-state index contributed by atoms with van der Waals surface area (Å²) in [4.78, 5) is 11.6. The number of halogens is 1. The first-order valence-corrected chi connectivity index (χ1v) is 7.05. The molecule has 0 radical (unpaired) electrons. The molecule has 92 valence electrons. The Labute approximate surface area is 115 Å². The van der Waals surface area contributed by atoms with E-state index in [0.29, 0.717) is 0 Å². The van der Waals surface area contributed by atoms with Crippen molar-refractivity contribution in [2.45, 2.75) is 38.2 Å². The van der Waals surface area contributed by atoms with Crippen LogP contribution in [0.3, 0.4) is 0 Å². The Morgan fingerprint density at radius 2 is 1.82 bits per heavy atom. The van der Waals surface area contributed by atoms with E-state index in [-0.39, 0.29) is 12.2 Å². The lowest BCUT2D eigenvalue weighted by molar-refractivity contribution is 0.0865. The van der Waals surface area contributed by atoms with Crippen LogP contribution in [0, 0.1) is 3.57 Å². The molecule has 1 aliphatic carbocycles. The van der Waals surface area contributed by atoms with Gasteiger partial charge in [0.1, 0.15) is 6.10 Å². The highest BCUT2D eigenvalue weighted by molar-refractivity contribution is 14.1. The number of nitrogens with one attached hydrogen (secondary N) is 1. The molecule has 1 aromatic rings. The highest BCUT2D eigenvalue weighted by atomic mass is 127. The molecule has 17 heavy (non-hydrogen) atoms. The van der Waals surface area contributed by atoms with E-state index in [0.717, 1.165) is 22.1 Å². The number of anilines is 1. The van der Waals surface area contributed by atoms with E-state index in [9.17, 15) is 4.79 Å². The first kappa shape index (κ1) is 12.7. The van der Waals surface area contributed by atoms with Crippen LogP contribution < -0.4 is 5.32 Å². The van der Waals surface area contributed by atoms with Gasteiger partial charge in [0, 0.05) is 9.26 Å². The summed E-state index contributed by atoms with van der Waals surface area (Å²) in [6.07, 6.45) is 5.37. The summed E-state index contributed by atoms with van der Waals surface area (Å²) in [5.41, 5.74) is 0.784. The van der Waals surface area contributed by atoms with Gasteiger partial charge in [-0.05, 0) is 72.5 Å². The zero-order valence-corrected chi connectivity index (χ0v) is 11.8. The fourth-order valence-electron chi connectivity index (χ4n) is 2.01. The summed E-state index contributed by atoms with van der Waals surface area (Å²) < 4.78 is 6.52. The lowest BCUT2D eigenvalue weighted by atomic mass is 9.98. The molecule has 0 aromatic heterocycles. The van der Waals surface area contributed by atoms with Crippen molar-refractivity contribution in [2.75, 3.05) is 5.32 Å². The summed E-state index contributed by atoms with van der Waals surface area (Å²) in [5.74, 6) is 0. The van der Waals surface area contributed by atoms with Crippen molar-refractivity contribution in [1.29, 1.82) is 0 Å². The first-order valence-electron chi connectivity index (χ1n) is 5.97. The number of amides is 1. The zero-order chi connectivity index (χ0) is 12.1. The molecule has 4 heteroatoms. The van der Waals surface area contributed by atoms with Gasteiger partial charge in [-0.1, -0.05) is 6.42 Å². The number of rotatable bonds is 2. The fourth-order valence-corrected chi connectivity index (χ4v) is 2.37. The van der Waals surface area contributed by atoms with Gasteiger partial charge in [-0.3, -0.25) is 5.32 Å². The highest BCUT2D eigenvalue weighted by Gasteiger charge is 2.17. The van der Waals surface area contributed by atoms with E-state index in [1.807, 2.05) is 24.3 Å². The lowest BCUT2D eigenvalue weighted by Gasteiger charge is -2.21. The van der Waals surface area contributed by atoms with Crippen LogP contribution in [0.2, 0.25) is 0 Å². The average Bonchev–Trinajstić information content (AvgIpc) is 2.33. The lowest BCUT2D eigenvalue weighted by Crippen LogP contribution is -2.24. The molecule has 1 saturated carbocycles. The molecule has 0 aliphatic heterocycles. The van der Waals surface area contributed by atoms with Gasteiger partial charge in [0.2, 0.25) is 0 Å². The van der Waals surface area contributed by atoms with Gasteiger partial charge >= 0.3 is 6.09 Å². The Morgan fingerprint density at radius 1 is 1.18 bits per heavy atom. The molecule has 0 unspecified atom stereocenters. The molecular weight excluding hydrogens is 329 g/mol. The Balaban J connectivity index is 1.82. The minimum absolute atomic E-state index is 0.104. The summed E-state index contributed by atoms with van der Waals surface area (Å²) >= 11 is 2.23. The fraction of sp³-hybridized carbons (Fsp3) is 0.462. The van der Waals surface area contributed by atoms with Crippen LogP contribution in [0.5, 0.6) is 0 Å². The van der Waals surface area contributed by atoms with E-state index < -0.39 is 0 Å². The molecule has 1 aromatic carbocycles. The highest BCUT2D eigenvalue weighted by Crippen LogP contribution is 2.21. The van der Waals surface area contributed by atoms with Crippen molar-refractivity contribution < 1.29 is 9.53 Å². The number of benzene rings is 1. The molecule has 3 nitrogen and oxygen atoms in total. The minimum atomic E-state index is -0.335. The summed E-state index contributed by atoms with van der Waals surface area (Å²) in [6, 6.07) is 7.67. The maximum atomic E-state index is 11.6. The number of carbonyl (C=O) groups is 1. The number of carbonyl (C=O) groups excluding carboxylic acids is 1. The number of hydrogen-bond acceptors (Lipinski definition) is 2. The zero-order valence-electron chi connectivity index (χ0n) is 9.62. The Morgan fingerprint density at radius 3 is 2.47 bits per heavy atom. The van der Waals surface area contributed by atoms with E-state index in [4.69, 9.17) is 4.74 Å². The van der Waals surface area contributed by atoms with Crippen molar-refractivity contribution in [3.8, 4) is 0 Å². The smallest absolute Gasteiger partial charge is 0.411 e. The molecule has 0 heterocycles. The topological polar surface area (TPSA) is 38.3 Å². The van der Waals surface area contributed by atoms with Crippen molar-refractivity contribution in [1.82, 2.24) is 0 Å². The van der Waals surface area contributed by atoms with E-state index in [1.165, 1.54) is 19.3 Å². The third kappa shape index (κ3) is 4.18. The van der Waals surface area contributed by atoms with Crippen molar-refractivity contribution in [2.24, 2.45) is 0 Å². The van der Waals surface area contributed by atoms with Gasteiger partial charge in [-0.25, -0.2) is 4.79 Å². The van der Waals surface area contributed by atoms with Gasteiger partial charge in [0.25, 0.3) is 0 Å².